The van der Waals surface area contributed by atoms with E-state index in [9.17, 15) is 0 Å². The van der Waals surface area contributed by atoms with E-state index in [0.29, 0.717) is 0 Å². The lowest BCUT2D eigenvalue weighted by molar-refractivity contribution is 0.405. The third-order valence-electron chi connectivity index (χ3n) is 1.62. The van der Waals surface area contributed by atoms with Crippen molar-refractivity contribution in [1.29, 1.82) is 0 Å². The zero-order valence-corrected chi connectivity index (χ0v) is 6.00. The minimum absolute atomic E-state index is 1.05. The summed E-state index contributed by atoms with van der Waals surface area (Å²) in [6, 6.07) is 1.49. The zero-order valence-electron chi connectivity index (χ0n) is 5.18. The van der Waals surface area contributed by atoms with Crippen molar-refractivity contribution in [1.82, 2.24) is 14.3 Å². The average Bonchev–Trinajstić information content (AvgIpc) is 2.33. The molecule has 0 aliphatic carbocycles. The maximum absolute atomic E-state index is 3.32. The fraction of sp³-hybridized carbons (Fsp3) is 0.800. The third kappa shape index (κ3) is 1.08. The van der Waals surface area contributed by atoms with Crippen molar-refractivity contribution >= 4 is 12.1 Å². The molecule has 0 aromatic rings. The first kappa shape index (κ1) is 5.97. The number of nitrogens with one attached hydrogen (secondary N) is 2. The summed E-state index contributed by atoms with van der Waals surface area (Å²) < 4.78 is 5.56. The number of hydrogen-bond acceptors (Lipinski definition) is 4. The van der Waals surface area contributed by atoms with Gasteiger partial charge in [0, 0.05) is 38.3 Å². The van der Waals surface area contributed by atoms with Crippen molar-refractivity contribution in [2.45, 2.75) is 0 Å². The fourth-order valence-corrected chi connectivity index (χ4v) is 1.94. The van der Waals surface area contributed by atoms with Crippen LogP contribution in [0.3, 0.4) is 0 Å². The van der Waals surface area contributed by atoms with E-state index in [4.69, 9.17) is 0 Å². The Kier molecular flexibility index (Phi) is 1.63. The van der Waals surface area contributed by atoms with Crippen molar-refractivity contribution in [3.63, 3.8) is 0 Å². The Bertz CT molecular complexity index is 96.4. The van der Waals surface area contributed by atoms with E-state index in [1.54, 1.807) is 12.1 Å². The predicted octanol–water partition coefficient (Wildman–Crippen LogP) is -0.410. The van der Waals surface area contributed by atoms with Gasteiger partial charge in [-0.25, -0.2) is 9.03 Å². The van der Waals surface area contributed by atoms with Gasteiger partial charge in [-0.1, -0.05) is 0 Å². The number of piperazine rings is 1. The molecule has 0 bridgehead atoms. The largest absolute Gasteiger partial charge is 0.313 e. The van der Waals surface area contributed by atoms with Gasteiger partial charge in [0.05, 0.1) is 6.04 Å². The Hall–Kier alpha value is 0.230. The summed E-state index contributed by atoms with van der Waals surface area (Å²) in [6.07, 6.45) is 0. The Morgan fingerprint density at radius 3 is 3.33 bits per heavy atom. The van der Waals surface area contributed by atoms with Crippen LogP contribution in [0, 0.1) is 6.04 Å². The van der Waals surface area contributed by atoms with Crippen LogP contribution in [-0.4, -0.2) is 30.5 Å². The summed E-state index contributed by atoms with van der Waals surface area (Å²) in [6.45, 7) is 4.39. The second-order valence-electron chi connectivity index (χ2n) is 2.26. The highest BCUT2D eigenvalue weighted by atomic mass is 32.2. The van der Waals surface area contributed by atoms with Gasteiger partial charge in [-0.05, 0) is 0 Å². The first-order valence-electron chi connectivity index (χ1n) is 3.19. The van der Waals surface area contributed by atoms with E-state index in [2.05, 4.69) is 14.3 Å². The van der Waals surface area contributed by atoms with Crippen LogP contribution >= 0.6 is 12.1 Å². The van der Waals surface area contributed by atoms with Crippen LogP contribution in [-0.2, 0) is 0 Å². The van der Waals surface area contributed by atoms with E-state index in [-0.39, 0.29) is 0 Å². The lowest BCUT2D eigenvalue weighted by atomic mass is 10.2. The second kappa shape index (κ2) is 2.46. The van der Waals surface area contributed by atoms with Crippen LogP contribution in [0.25, 0.3) is 0 Å². The molecule has 2 aliphatic rings. The topological polar surface area (TPSA) is 27.3 Å². The summed E-state index contributed by atoms with van der Waals surface area (Å²) in [5.41, 5.74) is 0. The van der Waals surface area contributed by atoms with Crippen LogP contribution in [0.5, 0.6) is 0 Å². The molecule has 2 aliphatic heterocycles. The van der Waals surface area contributed by atoms with Crippen molar-refractivity contribution < 1.29 is 0 Å². The number of nitrogens with zero attached hydrogens (tertiary/aromatic N) is 1. The molecule has 1 radical (unpaired) electrons. The molecule has 0 aromatic carbocycles. The summed E-state index contributed by atoms with van der Waals surface area (Å²) in [7, 11) is 0. The number of rotatable bonds is 0. The van der Waals surface area contributed by atoms with E-state index in [1.807, 2.05) is 0 Å². The molecule has 51 valence electrons. The molecule has 3 nitrogen and oxygen atoms in total. The van der Waals surface area contributed by atoms with E-state index in [1.165, 1.54) is 6.04 Å². The average molecular weight is 144 g/mol. The van der Waals surface area contributed by atoms with E-state index < -0.39 is 0 Å². The van der Waals surface area contributed by atoms with Crippen LogP contribution in [0.1, 0.15) is 0 Å². The molecule has 4 heteroatoms. The van der Waals surface area contributed by atoms with Crippen LogP contribution in [0.2, 0.25) is 0 Å². The van der Waals surface area contributed by atoms with E-state index in [0.717, 1.165) is 26.2 Å². The zero-order chi connectivity index (χ0) is 6.10. The van der Waals surface area contributed by atoms with Gasteiger partial charge < -0.3 is 5.32 Å². The highest BCUT2D eigenvalue weighted by molar-refractivity contribution is 7.95. The molecule has 2 saturated heterocycles. The molecule has 2 N–H and O–H groups in total. The Morgan fingerprint density at radius 1 is 1.44 bits per heavy atom. The van der Waals surface area contributed by atoms with Gasteiger partial charge in [0.15, 0.2) is 0 Å². The quantitative estimate of drug-likeness (QED) is 0.452. The van der Waals surface area contributed by atoms with Gasteiger partial charge >= 0.3 is 0 Å². The molecule has 2 rings (SSSR count). The predicted molar refractivity (Wildman–Crippen MR) is 38.4 cm³/mol. The molecule has 0 unspecified atom stereocenters. The van der Waals surface area contributed by atoms with Crippen molar-refractivity contribution in [2.75, 3.05) is 26.2 Å². The minimum Gasteiger partial charge on any atom is -0.313 e. The van der Waals surface area contributed by atoms with Gasteiger partial charge in [-0.15, -0.1) is 0 Å². The van der Waals surface area contributed by atoms with Gasteiger partial charge in [-0.2, -0.15) is 0 Å². The van der Waals surface area contributed by atoms with Gasteiger partial charge in [-0.3, -0.25) is 0 Å². The smallest absolute Gasteiger partial charge is 0.0801 e. The van der Waals surface area contributed by atoms with E-state index >= 15 is 0 Å². The third-order valence-corrected chi connectivity index (χ3v) is 2.56. The maximum Gasteiger partial charge on any atom is 0.0801 e. The lowest BCUT2D eigenvalue weighted by Gasteiger charge is -2.25. The lowest BCUT2D eigenvalue weighted by Crippen LogP contribution is -2.41. The van der Waals surface area contributed by atoms with Crippen molar-refractivity contribution in [2.24, 2.45) is 0 Å². The highest BCUT2D eigenvalue weighted by Crippen LogP contribution is 2.24. The van der Waals surface area contributed by atoms with Gasteiger partial charge in [0.1, 0.15) is 0 Å². The molecule has 0 saturated carbocycles. The second-order valence-corrected chi connectivity index (χ2v) is 3.17. The summed E-state index contributed by atoms with van der Waals surface area (Å²) in [5.74, 6) is 0. The highest BCUT2D eigenvalue weighted by Gasteiger charge is 2.28. The number of fused-ring (bicyclic) bond motifs is 1. The normalized spacial score (nSPS) is 30.7. The summed E-state index contributed by atoms with van der Waals surface area (Å²) >= 11 is 1.73. The van der Waals surface area contributed by atoms with Crippen LogP contribution < -0.4 is 10.0 Å². The van der Waals surface area contributed by atoms with Crippen LogP contribution in [0.4, 0.5) is 0 Å². The molecular weight excluding hydrogens is 134 g/mol. The van der Waals surface area contributed by atoms with Gasteiger partial charge in [0.25, 0.3) is 0 Å². The first-order chi connectivity index (χ1) is 4.47. The molecule has 0 spiro atoms. The summed E-state index contributed by atoms with van der Waals surface area (Å²) in [4.78, 5) is 0. The number of hydrogen-bond donors (Lipinski definition) is 2. The minimum atomic E-state index is 1.05. The standard InChI is InChI=1S/C5H10N3S/c1-2-8-5(3-6-1)4-7-9-8/h6-7H,1-4H2. The molecular formula is C5H10N3S. The molecule has 0 atom stereocenters. The van der Waals surface area contributed by atoms with Crippen molar-refractivity contribution in [3.8, 4) is 0 Å². The first-order valence-corrected chi connectivity index (χ1v) is 3.97. The maximum atomic E-state index is 3.32. The van der Waals surface area contributed by atoms with Gasteiger partial charge in [0.2, 0.25) is 0 Å². The molecule has 0 aromatic heterocycles. The molecule has 9 heavy (non-hydrogen) atoms. The Morgan fingerprint density at radius 2 is 2.44 bits per heavy atom. The van der Waals surface area contributed by atoms with Crippen molar-refractivity contribution in [3.05, 3.63) is 6.04 Å². The van der Waals surface area contributed by atoms with Crippen LogP contribution in [0.15, 0.2) is 0 Å². The monoisotopic (exact) mass is 144 g/mol. The molecule has 2 heterocycles. The summed E-state index contributed by atoms with van der Waals surface area (Å²) in [5, 5.41) is 3.32. The SMILES string of the molecule is C1CN2SNC[C]2CN1. The Balaban J connectivity index is 1.97. The fourth-order valence-electron chi connectivity index (χ4n) is 1.11. The molecule has 2 fully saturated rings. The molecule has 0 amide bonds. The Labute approximate surface area is 59.4 Å².